The molecule has 104 valence electrons. The molecule has 0 unspecified atom stereocenters. The molecule has 6 nitrogen and oxygen atoms in total. The zero-order chi connectivity index (χ0) is 13.2. The van der Waals surface area contributed by atoms with Gasteiger partial charge in [0.25, 0.3) is 5.91 Å². The van der Waals surface area contributed by atoms with E-state index in [0.717, 1.165) is 51.2 Å². The van der Waals surface area contributed by atoms with Gasteiger partial charge in [0.1, 0.15) is 18.3 Å². The molecule has 6 heteroatoms. The lowest BCUT2D eigenvalue weighted by Gasteiger charge is -2.33. The average molecular weight is 264 g/mol. The average Bonchev–Trinajstić information content (AvgIpc) is 3.09. The zero-order valence-corrected chi connectivity index (χ0v) is 11.3. The van der Waals surface area contributed by atoms with Crippen LogP contribution in [0.1, 0.15) is 37.4 Å². The fourth-order valence-electron chi connectivity index (χ4n) is 3.03. The van der Waals surface area contributed by atoms with E-state index in [1.165, 1.54) is 0 Å². The molecule has 1 amide bonds. The molecule has 0 N–H and O–H groups in total. The number of carbonyl (C=O) groups is 1. The second-order valence-electron chi connectivity index (χ2n) is 5.43. The minimum Gasteiger partial charge on any atom is -0.368 e. The number of hydrogen-bond donors (Lipinski definition) is 0. The van der Waals surface area contributed by atoms with Crippen molar-refractivity contribution in [2.75, 3.05) is 19.7 Å². The molecule has 0 radical (unpaired) electrons. The lowest BCUT2D eigenvalue weighted by Crippen LogP contribution is -2.44. The highest BCUT2D eigenvalue weighted by molar-refractivity contribution is 5.81. The Morgan fingerprint density at radius 1 is 1.42 bits per heavy atom. The maximum absolute atomic E-state index is 12.4. The van der Waals surface area contributed by atoms with E-state index in [9.17, 15) is 4.79 Å². The van der Waals surface area contributed by atoms with Crippen LogP contribution in [0, 0.1) is 0 Å². The minimum atomic E-state index is -0.210. The highest BCUT2D eigenvalue weighted by atomic mass is 16.5. The van der Waals surface area contributed by atoms with Gasteiger partial charge in [0.05, 0.1) is 0 Å². The Morgan fingerprint density at radius 2 is 2.32 bits per heavy atom. The van der Waals surface area contributed by atoms with Crippen LogP contribution in [0.2, 0.25) is 0 Å². The maximum Gasteiger partial charge on any atom is 0.251 e. The van der Waals surface area contributed by atoms with Crippen LogP contribution in [-0.4, -0.2) is 51.4 Å². The molecule has 2 aliphatic rings. The topological polar surface area (TPSA) is 60.2 Å². The molecule has 2 fully saturated rings. The van der Waals surface area contributed by atoms with Crippen molar-refractivity contribution in [3.63, 3.8) is 0 Å². The fourth-order valence-corrected chi connectivity index (χ4v) is 3.03. The van der Waals surface area contributed by atoms with E-state index in [-0.39, 0.29) is 12.0 Å². The molecular formula is C13H20N4O2. The molecule has 3 heterocycles. The van der Waals surface area contributed by atoms with E-state index in [1.54, 1.807) is 6.33 Å². The summed E-state index contributed by atoms with van der Waals surface area (Å²) in [5.74, 6) is 1.43. The van der Waals surface area contributed by atoms with E-state index in [4.69, 9.17) is 4.74 Å². The Morgan fingerprint density at radius 3 is 3.00 bits per heavy atom. The number of likely N-dealkylation sites (tertiary alicyclic amines) is 1. The van der Waals surface area contributed by atoms with Gasteiger partial charge in [0.15, 0.2) is 0 Å². The van der Waals surface area contributed by atoms with Crippen LogP contribution >= 0.6 is 0 Å². The fraction of sp³-hybridized carbons (Fsp3) is 0.769. The van der Waals surface area contributed by atoms with E-state index in [1.807, 2.05) is 16.5 Å². The van der Waals surface area contributed by atoms with E-state index in [2.05, 4.69) is 10.2 Å². The van der Waals surface area contributed by atoms with Gasteiger partial charge in [0, 0.05) is 32.7 Å². The van der Waals surface area contributed by atoms with Crippen molar-refractivity contribution in [2.24, 2.45) is 7.05 Å². The molecular weight excluding hydrogens is 244 g/mol. The number of piperidine rings is 1. The Bertz CT molecular complexity index is 453. The number of amides is 1. The van der Waals surface area contributed by atoms with E-state index in [0.29, 0.717) is 5.92 Å². The molecule has 0 saturated carbocycles. The quantitative estimate of drug-likeness (QED) is 0.789. The SMILES string of the molecule is Cn1cnnc1[C@@H]1CCCN(C(=O)[C@H]2CCCO2)C1. The molecule has 1 aromatic rings. The number of rotatable bonds is 2. The monoisotopic (exact) mass is 264 g/mol. The van der Waals surface area contributed by atoms with Crippen molar-refractivity contribution < 1.29 is 9.53 Å². The largest absolute Gasteiger partial charge is 0.368 e. The Kier molecular flexibility index (Phi) is 3.50. The van der Waals surface area contributed by atoms with Gasteiger partial charge in [-0.2, -0.15) is 0 Å². The van der Waals surface area contributed by atoms with Crippen LogP contribution in [0.4, 0.5) is 0 Å². The van der Waals surface area contributed by atoms with Crippen LogP contribution in [0.3, 0.4) is 0 Å². The van der Waals surface area contributed by atoms with Gasteiger partial charge in [-0.15, -0.1) is 10.2 Å². The van der Waals surface area contributed by atoms with Crippen molar-refractivity contribution >= 4 is 5.91 Å². The summed E-state index contributed by atoms with van der Waals surface area (Å²) in [4.78, 5) is 14.3. The highest BCUT2D eigenvalue weighted by Crippen LogP contribution is 2.26. The highest BCUT2D eigenvalue weighted by Gasteiger charge is 2.32. The van der Waals surface area contributed by atoms with Crippen LogP contribution in [-0.2, 0) is 16.6 Å². The summed E-state index contributed by atoms with van der Waals surface area (Å²) in [6.07, 6.45) is 5.47. The van der Waals surface area contributed by atoms with Gasteiger partial charge in [-0.3, -0.25) is 4.79 Å². The summed E-state index contributed by atoms with van der Waals surface area (Å²) in [7, 11) is 1.95. The van der Waals surface area contributed by atoms with Gasteiger partial charge in [-0.25, -0.2) is 0 Å². The third kappa shape index (κ3) is 2.49. The minimum absolute atomic E-state index is 0.157. The summed E-state index contributed by atoms with van der Waals surface area (Å²) in [5.41, 5.74) is 0. The van der Waals surface area contributed by atoms with Crippen LogP contribution in [0.15, 0.2) is 6.33 Å². The van der Waals surface area contributed by atoms with Crippen LogP contribution in [0.5, 0.6) is 0 Å². The number of hydrogen-bond acceptors (Lipinski definition) is 4. The lowest BCUT2D eigenvalue weighted by molar-refractivity contribution is -0.142. The van der Waals surface area contributed by atoms with Gasteiger partial charge in [0.2, 0.25) is 0 Å². The van der Waals surface area contributed by atoms with Crippen molar-refractivity contribution in [1.29, 1.82) is 0 Å². The van der Waals surface area contributed by atoms with Gasteiger partial charge >= 0.3 is 0 Å². The molecule has 2 atom stereocenters. The number of aryl methyl sites for hydroxylation is 1. The number of carbonyl (C=O) groups excluding carboxylic acids is 1. The van der Waals surface area contributed by atoms with E-state index < -0.39 is 0 Å². The van der Waals surface area contributed by atoms with Crippen molar-refractivity contribution in [3.05, 3.63) is 12.2 Å². The summed E-state index contributed by atoms with van der Waals surface area (Å²) in [6.45, 7) is 2.30. The molecule has 0 aromatic carbocycles. The number of ether oxygens (including phenoxy) is 1. The predicted molar refractivity (Wildman–Crippen MR) is 68.5 cm³/mol. The first-order valence-corrected chi connectivity index (χ1v) is 7.00. The molecule has 19 heavy (non-hydrogen) atoms. The van der Waals surface area contributed by atoms with Gasteiger partial charge in [-0.1, -0.05) is 0 Å². The molecule has 3 rings (SSSR count). The summed E-state index contributed by atoms with van der Waals surface area (Å²) in [5, 5.41) is 8.10. The first kappa shape index (κ1) is 12.6. The van der Waals surface area contributed by atoms with Crippen molar-refractivity contribution in [1.82, 2.24) is 19.7 Å². The molecule has 2 saturated heterocycles. The van der Waals surface area contributed by atoms with Crippen LogP contribution < -0.4 is 0 Å². The number of nitrogens with zero attached hydrogens (tertiary/aromatic N) is 4. The number of aromatic nitrogens is 3. The third-order valence-corrected chi connectivity index (χ3v) is 4.05. The molecule has 0 bridgehead atoms. The first-order valence-electron chi connectivity index (χ1n) is 7.00. The smallest absolute Gasteiger partial charge is 0.251 e. The Labute approximate surface area is 112 Å². The lowest BCUT2D eigenvalue weighted by atomic mass is 9.96. The maximum atomic E-state index is 12.4. The normalized spacial score (nSPS) is 27.7. The molecule has 1 aromatic heterocycles. The Hall–Kier alpha value is -1.43. The van der Waals surface area contributed by atoms with Crippen molar-refractivity contribution in [3.8, 4) is 0 Å². The second kappa shape index (κ2) is 5.28. The Balaban J connectivity index is 1.68. The third-order valence-electron chi connectivity index (χ3n) is 4.05. The molecule has 0 spiro atoms. The predicted octanol–water partition coefficient (Wildman–Crippen LogP) is 0.700. The van der Waals surface area contributed by atoms with Gasteiger partial charge < -0.3 is 14.2 Å². The summed E-state index contributed by atoms with van der Waals surface area (Å²) < 4.78 is 7.44. The second-order valence-corrected chi connectivity index (χ2v) is 5.43. The summed E-state index contributed by atoms with van der Waals surface area (Å²) in [6, 6.07) is 0. The molecule has 0 aliphatic carbocycles. The van der Waals surface area contributed by atoms with E-state index >= 15 is 0 Å². The zero-order valence-electron chi connectivity index (χ0n) is 11.3. The van der Waals surface area contributed by atoms with Gasteiger partial charge in [-0.05, 0) is 25.7 Å². The first-order chi connectivity index (χ1) is 9.25. The molecule has 2 aliphatic heterocycles. The standard InChI is InChI=1S/C13H20N4O2/c1-16-9-14-15-12(16)10-4-2-6-17(8-10)13(18)11-5-3-7-19-11/h9-11H,2-8H2,1H3/t10-,11-/m1/s1. The van der Waals surface area contributed by atoms with Crippen LogP contribution in [0.25, 0.3) is 0 Å². The summed E-state index contributed by atoms with van der Waals surface area (Å²) >= 11 is 0. The van der Waals surface area contributed by atoms with Crippen molar-refractivity contribution in [2.45, 2.75) is 37.7 Å².